The lowest BCUT2D eigenvalue weighted by Crippen LogP contribution is -2.30. The minimum atomic E-state index is -0.959. The van der Waals surface area contributed by atoms with E-state index in [4.69, 9.17) is 9.84 Å². The Labute approximate surface area is 141 Å². The number of benzene rings is 2. The van der Waals surface area contributed by atoms with Crippen molar-refractivity contribution in [1.29, 1.82) is 0 Å². The first-order valence-electron chi connectivity index (χ1n) is 7.77. The van der Waals surface area contributed by atoms with Crippen LogP contribution in [-0.2, 0) is 16.0 Å². The van der Waals surface area contributed by atoms with Crippen LogP contribution >= 0.6 is 0 Å². The number of carboxylic acid groups (broad SMARTS) is 1. The fourth-order valence-corrected chi connectivity index (χ4v) is 2.43. The molecule has 126 valence electrons. The zero-order valence-electron chi connectivity index (χ0n) is 13.6. The van der Waals surface area contributed by atoms with Gasteiger partial charge in [-0.25, -0.2) is 0 Å². The third-order valence-corrected chi connectivity index (χ3v) is 3.72. The fourth-order valence-electron chi connectivity index (χ4n) is 2.43. The number of methoxy groups -OCH3 is 1. The summed E-state index contributed by atoms with van der Waals surface area (Å²) < 4.78 is 5.09. The summed E-state index contributed by atoms with van der Waals surface area (Å²) >= 11 is 0. The zero-order valence-corrected chi connectivity index (χ0v) is 13.6. The quantitative estimate of drug-likeness (QED) is 0.781. The molecule has 5 heteroatoms. The van der Waals surface area contributed by atoms with Crippen LogP contribution in [0.4, 0.5) is 0 Å². The van der Waals surface area contributed by atoms with Gasteiger partial charge < -0.3 is 15.2 Å². The van der Waals surface area contributed by atoms with Crippen molar-refractivity contribution < 1.29 is 19.4 Å². The molecule has 0 aliphatic rings. The summed E-state index contributed by atoms with van der Waals surface area (Å²) in [5.74, 6) is -0.441. The van der Waals surface area contributed by atoms with Gasteiger partial charge in [-0.3, -0.25) is 9.59 Å². The van der Waals surface area contributed by atoms with E-state index in [0.717, 1.165) is 11.1 Å². The van der Waals surface area contributed by atoms with E-state index in [2.05, 4.69) is 5.32 Å². The molecular weight excluding hydrogens is 306 g/mol. The molecule has 0 aliphatic carbocycles. The first-order chi connectivity index (χ1) is 11.6. The molecule has 1 amide bonds. The molecular formula is C19H21NO4. The maximum absolute atomic E-state index is 12.2. The van der Waals surface area contributed by atoms with E-state index in [1.54, 1.807) is 31.4 Å². The number of rotatable bonds is 8. The highest BCUT2D eigenvalue weighted by molar-refractivity contribution is 5.78. The number of amides is 1. The van der Waals surface area contributed by atoms with Crippen LogP contribution in [0.15, 0.2) is 54.6 Å². The van der Waals surface area contributed by atoms with Gasteiger partial charge in [-0.2, -0.15) is 0 Å². The first kappa shape index (κ1) is 17.5. The van der Waals surface area contributed by atoms with E-state index in [-0.39, 0.29) is 12.3 Å². The number of hydrogen-bond donors (Lipinski definition) is 2. The second kappa shape index (κ2) is 8.72. The average molecular weight is 327 g/mol. The van der Waals surface area contributed by atoms with Crippen molar-refractivity contribution >= 4 is 11.9 Å². The Morgan fingerprint density at radius 1 is 1.08 bits per heavy atom. The van der Waals surface area contributed by atoms with Gasteiger partial charge in [0, 0.05) is 6.42 Å². The highest BCUT2D eigenvalue weighted by atomic mass is 16.5. The molecule has 0 aromatic heterocycles. The topological polar surface area (TPSA) is 75.6 Å². The largest absolute Gasteiger partial charge is 0.497 e. The molecule has 0 saturated heterocycles. The van der Waals surface area contributed by atoms with Crippen molar-refractivity contribution in [1.82, 2.24) is 5.32 Å². The van der Waals surface area contributed by atoms with Crippen LogP contribution in [0.3, 0.4) is 0 Å². The van der Waals surface area contributed by atoms with Crippen LogP contribution in [-0.4, -0.2) is 24.1 Å². The molecule has 2 N–H and O–H groups in total. The smallest absolute Gasteiger partial charge is 0.305 e. The average Bonchev–Trinajstić information content (AvgIpc) is 2.60. The van der Waals surface area contributed by atoms with Gasteiger partial charge in [0.05, 0.1) is 19.6 Å². The Balaban J connectivity index is 1.99. The molecule has 0 aliphatic heterocycles. The lowest BCUT2D eigenvalue weighted by atomic mass is 10.0. The third kappa shape index (κ3) is 5.43. The standard InChI is InChI=1S/C19H21NO4/c1-24-16-10-8-15(9-11-16)17(13-19(22)23)20-18(21)12-7-14-5-3-2-4-6-14/h2-6,8-11,17H,7,12-13H2,1H3,(H,20,21)(H,22,23)/t17-/m0/s1. The normalized spacial score (nSPS) is 11.5. The molecule has 0 saturated carbocycles. The number of hydrogen-bond acceptors (Lipinski definition) is 3. The van der Waals surface area contributed by atoms with Gasteiger partial charge in [0.25, 0.3) is 0 Å². The molecule has 0 heterocycles. The number of carbonyl (C=O) groups is 2. The number of carbonyl (C=O) groups excluding carboxylic acids is 1. The molecule has 0 fully saturated rings. The monoisotopic (exact) mass is 327 g/mol. The maximum Gasteiger partial charge on any atom is 0.305 e. The van der Waals surface area contributed by atoms with Crippen molar-refractivity contribution in [3.05, 3.63) is 65.7 Å². The minimum absolute atomic E-state index is 0.163. The molecule has 2 aromatic rings. The van der Waals surface area contributed by atoms with Crippen LogP contribution in [0.25, 0.3) is 0 Å². The van der Waals surface area contributed by atoms with Crippen molar-refractivity contribution in [3.8, 4) is 5.75 Å². The number of ether oxygens (including phenoxy) is 1. The van der Waals surface area contributed by atoms with Gasteiger partial charge in [0.1, 0.15) is 5.75 Å². The Morgan fingerprint density at radius 3 is 2.33 bits per heavy atom. The number of nitrogens with one attached hydrogen (secondary N) is 1. The fraction of sp³-hybridized carbons (Fsp3) is 0.263. The molecule has 0 radical (unpaired) electrons. The predicted molar refractivity (Wildman–Crippen MR) is 90.9 cm³/mol. The third-order valence-electron chi connectivity index (χ3n) is 3.72. The summed E-state index contributed by atoms with van der Waals surface area (Å²) in [6.45, 7) is 0. The van der Waals surface area contributed by atoms with Crippen molar-refractivity contribution in [2.75, 3.05) is 7.11 Å². The van der Waals surface area contributed by atoms with Gasteiger partial charge in [-0.15, -0.1) is 0 Å². The second-order valence-corrected chi connectivity index (χ2v) is 5.48. The van der Waals surface area contributed by atoms with E-state index in [0.29, 0.717) is 18.6 Å². The van der Waals surface area contributed by atoms with Gasteiger partial charge in [0.2, 0.25) is 5.91 Å². The minimum Gasteiger partial charge on any atom is -0.497 e. The van der Waals surface area contributed by atoms with E-state index in [9.17, 15) is 9.59 Å². The van der Waals surface area contributed by atoms with Crippen molar-refractivity contribution in [3.63, 3.8) is 0 Å². The summed E-state index contributed by atoms with van der Waals surface area (Å²) in [6, 6.07) is 16.2. The summed E-state index contributed by atoms with van der Waals surface area (Å²) in [5.41, 5.74) is 1.82. The highest BCUT2D eigenvalue weighted by Gasteiger charge is 2.18. The zero-order chi connectivity index (χ0) is 17.4. The van der Waals surface area contributed by atoms with Crippen molar-refractivity contribution in [2.24, 2.45) is 0 Å². The van der Waals surface area contributed by atoms with Crippen LogP contribution in [0, 0.1) is 0 Å². The van der Waals surface area contributed by atoms with Crippen LogP contribution < -0.4 is 10.1 Å². The highest BCUT2D eigenvalue weighted by Crippen LogP contribution is 2.20. The molecule has 1 atom stereocenters. The van der Waals surface area contributed by atoms with Crippen LogP contribution in [0.5, 0.6) is 5.75 Å². The molecule has 5 nitrogen and oxygen atoms in total. The Kier molecular flexibility index (Phi) is 6.37. The molecule has 24 heavy (non-hydrogen) atoms. The second-order valence-electron chi connectivity index (χ2n) is 5.48. The van der Waals surface area contributed by atoms with E-state index >= 15 is 0 Å². The van der Waals surface area contributed by atoms with Gasteiger partial charge in [-0.1, -0.05) is 42.5 Å². The van der Waals surface area contributed by atoms with Crippen LogP contribution in [0.2, 0.25) is 0 Å². The maximum atomic E-state index is 12.2. The molecule has 0 spiro atoms. The summed E-state index contributed by atoms with van der Waals surface area (Å²) in [4.78, 5) is 23.3. The molecule has 0 unspecified atom stereocenters. The van der Waals surface area contributed by atoms with Gasteiger partial charge in [-0.05, 0) is 29.7 Å². The summed E-state index contributed by atoms with van der Waals surface area (Å²) in [5, 5.41) is 11.9. The van der Waals surface area contributed by atoms with Gasteiger partial charge in [0.15, 0.2) is 0 Å². The van der Waals surface area contributed by atoms with Crippen LogP contribution in [0.1, 0.15) is 30.0 Å². The Bertz CT molecular complexity index is 668. The summed E-state index contributed by atoms with van der Waals surface area (Å²) in [7, 11) is 1.56. The molecule has 0 bridgehead atoms. The number of aryl methyl sites for hydroxylation is 1. The SMILES string of the molecule is COc1ccc([C@H](CC(=O)O)NC(=O)CCc2ccccc2)cc1. The molecule has 2 rings (SSSR count). The summed E-state index contributed by atoms with van der Waals surface area (Å²) in [6.07, 6.45) is 0.773. The lowest BCUT2D eigenvalue weighted by Gasteiger charge is -2.18. The number of aliphatic carboxylic acids is 1. The van der Waals surface area contributed by atoms with E-state index < -0.39 is 12.0 Å². The van der Waals surface area contributed by atoms with E-state index in [1.807, 2.05) is 30.3 Å². The molecule has 2 aromatic carbocycles. The number of carboxylic acids is 1. The van der Waals surface area contributed by atoms with E-state index in [1.165, 1.54) is 0 Å². The Morgan fingerprint density at radius 2 is 1.75 bits per heavy atom. The van der Waals surface area contributed by atoms with Crippen molar-refractivity contribution in [2.45, 2.75) is 25.3 Å². The predicted octanol–water partition coefficient (Wildman–Crippen LogP) is 2.96. The van der Waals surface area contributed by atoms with Gasteiger partial charge >= 0.3 is 5.97 Å². The first-order valence-corrected chi connectivity index (χ1v) is 7.77. The lowest BCUT2D eigenvalue weighted by molar-refractivity contribution is -0.137. The Hall–Kier alpha value is -2.82.